The van der Waals surface area contributed by atoms with Gasteiger partial charge in [-0.05, 0) is 55.9 Å². The first kappa shape index (κ1) is 31.8. The molecule has 0 aliphatic rings. The molecular formula is C48H36NO2P. The van der Waals surface area contributed by atoms with E-state index < -0.39 is 8.16 Å². The minimum absolute atomic E-state index is 0.169. The molecule has 0 aliphatic carbocycles. The Morgan fingerprint density at radius 1 is 0.500 bits per heavy atom. The molecule has 1 aromatic heterocycles. The third kappa shape index (κ3) is 5.71. The lowest BCUT2D eigenvalue weighted by molar-refractivity contribution is 0.613. The van der Waals surface area contributed by atoms with Crippen LogP contribution >= 0.6 is 8.16 Å². The van der Waals surface area contributed by atoms with Gasteiger partial charge in [0.15, 0.2) is 11.2 Å². The average molecular weight is 690 g/mol. The molecule has 3 nitrogen and oxygen atoms in total. The fourth-order valence-electron chi connectivity index (χ4n) is 7.49. The Morgan fingerprint density at radius 3 is 1.31 bits per heavy atom. The molecule has 0 aliphatic heterocycles. The Balaban J connectivity index is 1.53. The van der Waals surface area contributed by atoms with E-state index in [2.05, 4.69) is 193 Å². The summed E-state index contributed by atoms with van der Waals surface area (Å²) in [5, 5.41) is 6.61. The van der Waals surface area contributed by atoms with Gasteiger partial charge >= 0.3 is 8.16 Å². The molecule has 0 saturated heterocycles. The van der Waals surface area contributed by atoms with Gasteiger partial charge in [0.05, 0.1) is 6.04 Å². The van der Waals surface area contributed by atoms with Crippen molar-refractivity contribution in [3.63, 3.8) is 0 Å². The van der Waals surface area contributed by atoms with E-state index in [9.17, 15) is 0 Å². The maximum atomic E-state index is 7.53. The predicted molar refractivity (Wildman–Crippen MR) is 220 cm³/mol. The lowest BCUT2D eigenvalue weighted by Crippen LogP contribution is -2.27. The van der Waals surface area contributed by atoms with Crippen LogP contribution in [0.2, 0.25) is 0 Å². The first-order chi connectivity index (χ1) is 25.8. The third-order valence-corrected chi connectivity index (χ3v) is 11.3. The smallest absolute Gasteiger partial charge is 0.310 e. The zero-order valence-corrected chi connectivity index (χ0v) is 29.5. The number of nitrogens with zero attached hydrogens (tertiary/aromatic N) is 1. The normalized spacial score (nSPS) is 11.6. The lowest BCUT2D eigenvalue weighted by Gasteiger charge is -2.28. The second kappa shape index (κ2) is 13.9. The summed E-state index contributed by atoms with van der Waals surface area (Å²) in [6.07, 6.45) is 1.96. The van der Waals surface area contributed by atoms with Crippen LogP contribution in [0.1, 0.15) is 17.2 Å². The summed E-state index contributed by atoms with van der Waals surface area (Å²) in [5.74, 6) is 0. The topological polar surface area (TPSA) is 29.5 Å². The second-order valence-corrected chi connectivity index (χ2v) is 14.3. The Labute approximate surface area is 304 Å². The maximum Gasteiger partial charge on any atom is 0.310 e. The van der Waals surface area contributed by atoms with E-state index in [0.717, 1.165) is 76.9 Å². The number of hydrogen-bond donors (Lipinski definition) is 0. The molecule has 0 spiro atoms. The number of rotatable bonds is 8. The van der Waals surface area contributed by atoms with Crippen molar-refractivity contribution in [2.75, 3.05) is 11.2 Å². The first-order valence-electron chi connectivity index (χ1n) is 17.6. The number of fused-ring (bicyclic) bond motifs is 7. The summed E-state index contributed by atoms with van der Waals surface area (Å²) in [6, 6.07) is 64.1. The molecule has 52 heavy (non-hydrogen) atoms. The van der Waals surface area contributed by atoms with Crippen LogP contribution in [-0.2, 0) is 0 Å². The Bertz CT molecular complexity index is 2550. The monoisotopic (exact) mass is 689 g/mol. The van der Waals surface area contributed by atoms with E-state index in [4.69, 9.17) is 8.39 Å². The fourth-order valence-corrected chi connectivity index (χ4v) is 9.14. The van der Waals surface area contributed by atoms with Crippen LogP contribution in [0.15, 0.2) is 203 Å². The highest BCUT2D eigenvalue weighted by Crippen LogP contribution is 2.50. The fraction of sp³-hybridized carbons (Fsp3) is 0.0417. The van der Waals surface area contributed by atoms with Gasteiger partial charge in [-0.25, -0.2) is 0 Å². The molecule has 0 unspecified atom stereocenters. The zero-order chi connectivity index (χ0) is 34.9. The molecule has 0 fully saturated rings. The molecule has 0 radical (unpaired) electrons. The number of hydrogen-bond acceptors (Lipinski definition) is 3. The van der Waals surface area contributed by atoms with Crippen LogP contribution in [0.3, 0.4) is 0 Å². The van der Waals surface area contributed by atoms with E-state index in [-0.39, 0.29) is 6.04 Å². The average Bonchev–Trinajstić information content (AvgIpc) is 3.40. The molecule has 0 bridgehead atoms. The van der Waals surface area contributed by atoms with Gasteiger partial charge < -0.3 is 8.39 Å². The first-order valence-corrected chi connectivity index (χ1v) is 18.8. The van der Waals surface area contributed by atoms with Gasteiger partial charge in [0.1, 0.15) is 0 Å². The molecule has 250 valence electrons. The van der Waals surface area contributed by atoms with Crippen molar-refractivity contribution in [1.29, 1.82) is 0 Å². The quantitative estimate of drug-likeness (QED) is 0.149. The Hall–Kier alpha value is -6.12. The number of benzene rings is 8. The third-order valence-electron chi connectivity index (χ3n) is 9.82. The maximum absolute atomic E-state index is 7.53. The van der Waals surface area contributed by atoms with Gasteiger partial charge in [0, 0.05) is 28.4 Å². The van der Waals surface area contributed by atoms with E-state index in [1.165, 1.54) is 0 Å². The van der Waals surface area contributed by atoms with Crippen LogP contribution in [0.5, 0.6) is 0 Å². The summed E-state index contributed by atoms with van der Waals surface area (Å²) >= 11 is 0. The van der Waals surface area contributed by atoms with Crippen molar-refractivity contribution >= 4 is 51.6 Å². The molecule has 0 atom stereocenters. The van der Waals surface area contributed by atoms with Crippen LogP contribution < -0.4 is 4.67 Å². The molecule has 1 heterocycles. The van der Waals surface area contributed by atoms with Crippen LogP contribution in [0.4, 0.5) is 0 Å². The molecule has 9 aromatic rings. The van der Waals surface area contributed by atoms with Gasteiger partial charge in [0.25, 0.3) is 0 Å². The van der Waals surface area contributed by atoms with Gasteiger partial charge in [0.2, 0.25) is 0 Å². The molecule has 0 amide bonds. The largest absolute Gasteiger partial charge is 0.407 e. The summed E-state index contributed by atoms with van der Waals surface area (Å²) < 4.78 is 17.4. The van der Waals surface area contributed by atoms with Crippen molar-refractivity contribution in [3.05, 3.63) is 206 Å². The standard InChI is InChI=1S/C48H36NO2P/c1-2-31-49(46(36-23-11-5-12-24-36)37-25-13-6-14-26-37)52-50-47-42(34-19-7-3-8-20-34)32-38-27-15-17-29-40(38)44(47)45-41-30-18-16-28-39(41)33-43(48(45)51-52)35-21-9-4-10-22-35/h2-30,32-33,46H,1,31H2. The highest BCUT2D eigenvalue weighted by Gasteiger charge is 2.29. The molecular weight excluding hydrogens is 654 g/mol. The van der Waals surface area contributed by atoms with Crippen molar-refractivity contribution in [3.8, 4) is 22.3 Å². The molecule has 8 aromatic carbocycles. The van der Waals surface area contributed by atoms with Crippen molar-refractivity contribution < 1.29 is 8.39 Å². The highest BCUT2D eigenvalue weighted by molar-refractivity contribution is 7.39. The van der Waals surface area contributed by atoms with E-state index >= 15 is 0 Å². The molecule has 0 N–H and O–H groups in total. The van der Waals surface area contributed by atoms with Crippen molar-refractivity contribution in [1.82, 2.24) is 0 Å². The van der Waals surface area contributed by atoms with Crippen LogP contribution in [0, 0.1) is 0 Å². The van der Waals surface area contributed by atoms with Gasteiger partial charge in [-0.15, -0.1) is 6.58 Å². The summed E-state index contributed by atoms with van der Waals surface area (Å²) in [6.45, 7) is 4.78. The summed E-state index contributed by atoms with van der Waals surface area (Å²) in [5.41, 5.74) is 8.17. The molecule has 4 heteroatoms. The lowest BCUT2D eigenvalue weighted by atomic mass is 9.91. The van der Waals surface area contributed by atoms with Gasteiger partial charge in [-0.3, -0.25) is 0 Å². The molecule has 9 rings (SSSR count). The van der Waals surface area contributed by atoms with Crippen molar-refractivity contribution in [2.45, 2.75) is 6.04 Å². The van der Waals surface area contributed by atoms with Crippen LogP contribution in [-0.4, -0.2) is 6.54 Å². The SMILES string of the molecule is C=CCN(C(c1ccccc1)c1ccccc1)p1oc2c(-c3ccccc3)cc3ccccc3c2c2c(o1)c(-c1ccccc1)cc1ccccc12. The molecule has 0 saturated carbocycles. The van der Waals surface area contributed by atoms with E-state index in [1.807, 2.05) is 6.08 Å². The summed E-state index contributed by atoms with van der Waals surface area (Å²) in [7, 11) is -1.79. The zero-order valence-electron chi connectivity index (χ0n) is 28.6. The van der Waals surface area contributed by atoms with E-state index in [1.54, 1.807) is 0 Å². The van der Waals surface area contributed by atoms with Crippen LogP contribution in [0.25, 0.3) is 65.7 Å². The van der Waals surface area contributed by atoms with Gasteiger partial charge in [-0.2, -0.15) is 4.67 Å². The van der Waals surface area contributed by atoms with Gasteiger partial charge in [-0.1, -0.05) is 176 Å². The minimum Gasteiger partial charge on any atom is -0.407 e. The Kier molecular flexibility index (Phi) is 8.50. The van der Waals surface area contributed by atoms with E-state index in [0.29, 0.717) is 6.54 Å². The Morgan fingerprint density at radius 2 is 0.885 bits per heavy atom. The predicted octanol–water partition coefficient (Wildman–Crippen LogP) is 13.8. The highest BCUT2D eigenvalue weighted by atomic mass is 31.1. The second-order valence-electron chi connectivity index (χ2n) is 13.0. The van der Waals surface area contributed by atoms with Crippen molar-refractivity contribution in [2.24, 2.45) is 0 Å². The minimum atomic E-state index is -1.79. The summed E-state index contributed by atoms with van der Waals surface area (Å²) in [4.78, 5) is 0.